The molecule has 1 atom stereocenters. The summed E-state index contributed by atoms with van der Waals surface area (Å²) in [6.45, 7) is 2.72. The number of hydrogen-bond acceptors (Lipinski definition) is 2. The first-order valence-electron chi connectivity index (χ1n) is 2.73. The molecule has 56 valence electrons. The van der Waals surface area contributed by atoms with Crippen LogP contribution >= 0.6 is 28.3 Å². The summed E-state index contributed by atoms with van der Waals surface area (Å²) in [6.07, 6.45) is 2.10. The van der Waals surface area contributed by atoms with Crippen molar-refractivity contribution >= 4 is 40.1 Å². The van der Waals surface area contributed by atoms with Gasteiger partial charge in [0, 0.05) is 0 Å². The van der Waals surface area contributed by atoms with E-state index < -0.39 is 4.82 Å². The van der Waals surface area contributed by atoms with Gasteiger partial charge in [-0.25, -0.2) is 0 Å². The van der Waals surface area contributed by atoms with E-state index in [1.54, 1.807) is 0 Å². The van der Waals surface area contributed by atoms with Crippen molar-refractivity contribution in [2.45, 2.75) is 19.8 Å². The third kappa shape index (κ3) is 9.25. The molecule has 0 spiro atoms. The van der Waals surface area contributed by atoms with Crippen LogP contribution in [0.4, 0.5) is 0 Å². The number of thiol groups is 1. The minimum Gasteiger partial charge on any atom is -0.331 e. The predicted molar refractivity (Wildman–Crippen MR) is 50.0 cm³/mol. The molecule has 0 aromatic heterocycles. The third-order valence-electron chi connectivity index (χ3n) is 0.748. The first-order chi connectivity index (χ1) is 4.06. The summed E-state index contributed by atoms with van der Waals surface area (Å²) in [6, 6.07) is 0. The number of hydrogen-bond donors (Lipinski definition) is 1. The van der Waals surface area contributed by atoms with Crippen molar-refractivity contribution in [2.75, 3.05) is 6.61 Å². The van der Waals surface area contributed by atoms with Crippen molar-refractivity contribution in [3.63, 3.8) is 0 Å². The maximum absolute atomic E-state index is 5.54. The largest absolute Gasteiger partial charge is 0.331 e. The molecule has 0 aliphatic rings. The van der Waals surface area contributed by atoms with Crippen LogP contribution in [-0.2, 0) is 16.3 Å². The van der Waals surface area contributed by atoms with Crippen LogP contribution in [0.5, 0.6) is 0 Å². The van der Waals surface area contributed by atoms with Crippen molar-refractivity contribution < 1.29 is 4.52 Å². The Morgan fingerprint density at radius 2 is 2.33 bits per heavy atom. The lowest BCUT2D eigenvalue weighted by atomic mass is 10.4. The molecule has 9 heavy (non-hydrogen) atoms. The molecule has 0 saturated carbocycles. The summed E-state index contributed by atoms with van der Waals surface area (Å²) in [5.74, 6) is 0. The fraction of sp³-hybridized carbons (Fsp3) is 1.00. The summed E-state index contributed by atoms with van der Waals surface area (Å²) in [5, 5.41) is 0. The maximum atomic E-state index is 5.54. The van der Waals surface area contributed by atoms with Crippen molar-refractivity contribution in [1.82, 2.24) is 0 Å². The van der Waals surface area contributed by atoms with Crippen LogP contribution in [-0.4, -0.2) is 6.61 Å². The molecular weight excluding hydrogens is 195 g/mol. The van der Waals surface area contributed by atoms with E-state index in [-0.39, 0.29) is 0 Å². The predicted octanol–water partition coefficient (Wildman–Crippen LogP) is 3.20. The molecule has 0 fully saturated rings. The molecule has 0 aromatic rings. The summed E-state index contributed by atoms with van der Waals surface area (Å²) < 4.78 is 5.03. The summed E-state index contributed by atoms with van der Waals surface area (Å²) in [7, 11) is 0. The molecule has 0 aliphatic carbocycles. The van der Waals surface area contributed by atoms with Crippen LogP contribution in [0.25, 0.3) is 0 Å². The molecule has 1 nitrogen and oxygen atoms in total. The van der Waals surface area contributed by atoms with Gasteiger partial charge < -0.3 is 4.52 Å². The zero-order valence-electron chi connectivity index (χ0n) is 5.21. The average molecular weight is 205 g/mol. The molecule has 0 N–H and O–H groups in total. The van der Waals surface area contributed by atoms with Crippen LogP contribution < -0.4 is 0 Å². The van der Waals surface area contributed by atoms with Gasteiger partial charge >= 0.3 is 0 Å². The first-order valence-corrected chi connectivity index (χ1v) is 7.51. The number of unbranched alkanes of at least 4 members (excludes halogenated alkanes) is 1. The van der Waals surface area contributed by atoms with Gasteiger partial charge in [-0.2, -0.15) is 0 Å². The molecule has 5 heteroatoms. The minimum atomic E-state index is -2.20. The van der Waals surface area contributed by atoms with Gasteiger partial charge in [0.05, 0.1) is 6.61 Å². The van der Waals surface area contributed by atoms with Gasteiger partial charge in [-0.05, 0) is 29.5 Å². The standard InChI is InChI=1S/C4H10ClOPS2/c1-2-3-4-6-7(5,8)9/h2-4H2,1H3,(H,8,9). The zero-order chi connectivity index (χ0) is 7.33. The van der Waals surface area contributed by atoms with E-state index in [1.807, 2.05) is 0 Å². The average Bonchev–Trinajstić information content (AvgIpc) is 1.63. The zero-order valence-corrected chi connectivity index (χ0v) is 8.57. The van der Waals surface area contributed by atoms with E-state index in [0.717, 1.165) is 12.8 Å². The molecule has 1 unspecified atom stereocenters. The number of halogens is 1. The SMILES string of the molecule is CCCCOP(=S)(S)Cl. The van der Waals surface area contributed by atoms with Crippen LogP contribution in [0.2, 0.25) is 0 Å². The van der Waals surface area contributed by atoms with E-state index in [0.29, 0.717) is 6.61 Å². The second-order valence-electron chi connectivity index (χ2n) is 1.64. The molecule has 0 bridgehead atoms. The molecular formula is C4H10ClOPS2. The van der Waals surface area contributed by atoms with Crippen LogP contribution in [0.3, 0.4) is 0 Å². The Labute approximate surface area is 71.2 Å². The fourth-order valence-corrected chi connectivity index (χ4v) is 1.35. The highest BCUT2D eigenvalue weighted by molar-refractivity contribution is 8.69. The van der Waals surface area contributed by atoms with Gasteiger partial charge in [-0.15, -0.1) is 12.2 Å². The number of rotatable bonds is 4. The minimum absolute atomic E-state index is 0.640. The second kappa shape index (κ2) is 4.97. The summed E-state index contributed by atoms with van der Waals surface area (Å²) in [5.41, 5.74) is 0. The Kier molecular flexibility index (Phi) is 5.67. The molecule has 0 aliphatic heterocycles. The summed E-state index contributed by atoms with van der Waals surface area (Å²) >= 11 is 14.2. The lowest BCUT2D eigenvalue weighted by Gasteiger charge is -2.05. The van der Waals surface area contributed by atoms with Gasteiger partial charge in [0.2, 0.25) is 4.82 Å². The molecule has 0 radical (unpaired) electrons. The van der Waals surface area contributed by atoms with E-state index in [1.165, 1.54) is 0 Å². The van der Waals surface area contributed by atoms with Crippen molar-refractivity contribution in [3.05, 3.63) is 0 Å². The smallest absolute Gasteiger partial charge is 0.204 e. The lowest BCUT2D eigenvalue weighted by molar-refractivity contribution is 0.354. The fourth-order valence-electron chi connectivity index (χ4n) is 0.321. The van der Waals surface area contributed by atoms with Gasteiger partial charge in [0.25, 0.3) is 0 Å². The van der Waals surface area contributed by atoms with Crippen molar-refractivity contribution in [3.8, 4) is 0 Å². The van der Waals surface area contributed by atoms with E-state index in [9.17, 15) is 0 Å². The van der Waals surface area contributed by atoms with Gasteiger partial charge in [0.15, 0.2) is 0 Å². The van der Waals surface area contributed by atoms with E-state index in [2.05, 4.69) is 19.2 Å². The topological polar surface area (TPSA) is 9.23 Å². The lowest BCUT2D eigenvalue weighted by Crippen LogP contribution is -1.84. The normalized spacial score (nSPS) is 17.2. The highest BCUT2D eigenvalue weighted by Crippen LogP contribution is 2.57. The second-order valence-corrected chi connectivity index (χ2v) is 9.58. The Morgan fingerprint density at radius 1 is 1.78 bits per heavy atom. The molecule has 0 aromatic carbocycles. The monoisotopic (exact) mass is 204 g/mol. The van der Waals surface area contributed by atoms with E-state index in [4.69, 9.17) is 27.6 Å². The Bertz CT molecular complexity index is 113. The Morgan fingerprint density at radius 3 is 2.67 bits per heavy atom. The van der Waals surface area contributed by atoms with E-state index >= 15 is 0 Å². The van der Waals surface area contributed by atoms with Crippen molar-refractivity contribution in [2.24, 2.45) is 0 Å². The Hall–Kier alpha value is 1.25. The first kappa shape index (κ1) is 10.2. The summed E-state index contributed by atoms with van der Waals surface area (Å²) in [4.78, 5) is -2.20. The van der Waals surface area contributed by atoms with Crippen LogP contribution in [0.1, 0.15) is 19.8 Å². The third-order valence-corrected chi connectivity index (χ3v) is 2.20. The molecule has 0 heterocycles. The molecule has 0 rings (SSSR count). The van der Waals surface area contributed by atoms with Crippen molar-refractivity contribution in [1.29, 1.82) is 0 Å². The maximum Gasteiger partial charge on any atom is 0.204 e. The van der Waals surface area contributed by atoms with Gasteiger partial charge in [-0.1, -0.05) is 13.3 Å². The van der Waals surface area contributed by atoms with Gasteiger partial charge in [-0.3, -0.25) is 0 Å². The molecule has 0 amide bonds. The Balaban J connectivity index is 3.18. The molecule has 0 saturated heterocycles. The van der Waals surface area contributed by atoms with Crippen LogP contribution in [0.15, 0.2) is 0 Å². The highest BCUT2D eigenvalue weighted by atomic mass is 35.7. The highest BCUT2D eigenvalue weighted by Gasteiger charge is 2.03. The van der Waals surface area contributed by atoms with Crippen LogP contribution in [0, 0.1) is 0 Å². The van der Waals surface area contributed by atoms with Gasteiger partial charge in [0.1, 0.15) is 0 Å². The quantitative estimate of drug-likeness (QED) is 0.428.